The van der Waals surface area contributed by atoms with Gasteiger partial charge < -0.3 is 19.8 Å². The summed E-state index contributed by atoms with van der Waals surface area (Å²) in [5, 5.41) is 9.17. The number of aromatic amines is 2. The van der Waals surface area contributed by atoms with E-state index in [-0.39, 0.29) is 28.7 Å². The zero-order chi connectivity index (χ0) is 41.6. The van der Waals surface area contributed by atoms with Crippen molar-refractivity contribution in [2.75, 3.05) is 52.2 Å². The number of H-pyrrole nitrogens is 2. The first kappa shape index (κ1) is 40.6. The molecular formula is C47H57FN7O4S+. The fourth-order valence-electron chi connectivity index (χ4n) is 9.72. The molecule has 13 heteroatoms. The molecule has 4 aromatic heterocycles. The minimum Gasteiger partial charge on any atom is -0.492 e. The third-order valence-electron chi connectivity index (χ3n) is 13.3. The molecule has 2 atom stereocenters. The highest BCUT2D eigenvalue weighted by molar-refractivity contribution is 7.88. The van der Waals surface area contributed by atoms with Gasteiger partial charge in [-0.3, -0.25) is 5.32 Å². The largest absolute Gasteiger partial charge is 0.492 e. The first-order valence-corrected chi connectivity index (χ1v) is 23.2. The Hall–Kier alpha value is -4.82. The second-order valence-corrected chi connectivity index (χ2v) is 20.2. The number of sulfonamides is 1. The van der Waals surface area contributed by atoms with Crippen LogP contribution >= 0.6 is 0 Å². The van der Waals surface area contributed by atoms with E-state index >= 15 is 0 Å². The van der Waals surface area contributed by atoms with E-state index in [0.717, 1.165) is 112 Å². The summed E-state index contributed by atoms with van der Waals surface area (Å²) >= 11 is 0. The number of nitrogens with zero attached hydrogens (tertiary/aromatic N) is 3. The van der Waals surface area contributed by atoms with Crippen LogP contribution in [-0.2, 0) is 10.0 Å². The van der Waals surface area contributed by atoms with E-state index in [1.54, 1.807) is 16.4 Å². The maximum atomic E-state index is 14.9. The summed E-state index contributed by atoms with van der Waals surface area (Å²) in [7, 11) is -3.27. The highest BCUT2D eigenvalue weighted by atomic mass is 32.2. The van der Waals surface area contributed by atoms with Crippen LogP contribution in [0.3, 0.4) is 0 Å². The molecule has 0 spiro atoms. The summed E-state index contributed by atoms with van der Waals surface area (Å²) in [5.41, 5.74) is 7.25. The maximum absolute atomic E-state index is 14.9. The molecule has 0 radical (unpaired) electrons. The van der Waals surface area contributed by atoms with Crippen LogP contribution in [-0.4, -0.2) is 79.9 Å². The third kappa shape index (κ3) is 8.16. The Morgan fingerprint density at radius 2 is 1.60 bits per heavy atom. The number of aryl methyl sites for hydroxylation is 1. The minimum absolute atomic E-state index is 0.0593. The van der Waals surface area contributed by atoms with E-state index in [0.29, 0.717) is 39.1 Å². The lowest BCUT2D eigenvalue weighted by molar-refractivity contribution is -0.710. The van der Waals surface area contributed by atoms with Gasteiger partial charge in [0.2, 0.25) is 10.0 Å². The van der Waals surface area contributed by atoms with Crippen LogP contribution in [0.4, 0.5) is 4.39 Å². The molecule has 2 aromatic carbocycles. The summed E-state index contributed by atoms with van der Waals surface area (Å²) in [5.74, 6) is 1.46. The monoisotopic (exact) mass is 834 g/mol. The molecule has 9 rings (SSSR count). The van der Waals surface area contributed by atoms with Crippen molar-refractivity contribution in [3.8, 4) is 33.8 Å². The van der Waals surface area contributed by atoms with Gasteiger partial charge in [0, 0.05) is 65.5 Å². The van der Waals surface area contributed by atoms with Crippen molar-refractivity contribution in [2.24, 2.45) is 10.8 Å². The Bertz CT molecular complexity index is 2590. The molecule has 7 heterocycles. The van der Waals surface area contributed by atoms with Crippen molar-refractivity contribution in [3.63, 3.8) is 0 Å². The molecule has 316 valence electrons. The van der Waals surface area contributed by atoms with Gasteiger partial charge in [0.25, 0.3) is 5.65 Å². The van der Waals surface area contributed by atoms with Gasteiger partial charge in [0.15, 0.2) is 6.17 Å². The Morgan fingerprint density at radius 3 is 2.35 bits per heavy atom. The van der Waals surface area contributed by atoms with Crippen molar-refractivity contribution in [1.82, 2.24) is 29.9 Å². The number of hydrogen-bond acceptors (Lipinski definition) is 7. The van der Waals surface area contributed by atoms with Gasteiger partial charge in [-0.25, -0.2) is 31.6 Å². The molecule has 3 saturated heterocycles. The molecule has 0 bridgehead atoms. The zero-order valence-electron chi connectivity index (χ0n) is 35.1. The first-order chi connectivity index (χ1) is 28.9. The van der Waals surface area contributed by atoms with Gasteiger partial charge in [0.1, 0.15) is 28.3 Å². The molecule has 3 aliphatic heterocycles. The number of hydrogen-bond donors (Lipinski definition) is 4. The third-order valence-corrected chi connectivity index (χ3v) is 14.6. The van der Waals surface area contributed by atoms with Gasteiger partial charge in [-0.1, -0.05) is 50.2 Å². The summed E-state index contributed by atoms with van der Waals surface area (Å²) in [6.07, 6.45) is 14.5. The average Bonchev–Trinajstić information content (AvgIpc) is 3.88. The van der Waals surface area contributed by atoms with Crippen LogP contribution < -0.4 is 24.7 Å². The predicted octanol–water partition coefficient (Wildman–Crippen LogP) is 7.99. The van der Waals surface area contributed by atoms with E-state index in [9.17, 15) is 12.8 Å². The minimum atomic E-state index is -3.27. The van der Waals surface area contributed by atoms with Gasteiger partial charge in [-0.2, -0.15) is 0 Å². The lowest BCUT2D eigenvalue weighted by atomic mass is 9.80. The molecule has 3 fully saturated rings. The zero-order valence-corrected chi connectivity index (χ0v) is 35.9. The second-order valence-electron chi connectivity index (χ2n) is 18.2. The van der Waals surface area contributed by atoms with Crippen molar-refractivity contribution in [3.05, 3.63) is 96.3 Å². The summed E-state index contributed by atoms with van der Waals surface area (Å²) < 4.78 is 57.4. The molecule has 2 unspecified atom stereocenters. The van der Waals surface area contributed by atoms with Crippen LogP contribution in [0.5, 0.6) is 11.5 Å². The van der Waals surface area contributed by atoms with E-state index < -0.39 is 10.0 Å². The van der Waals surface area contributed by atoms with Gasteiger partial charge >= 0.3 is 0 Å². The first-order valence-electron chi connectivity index (χ1n) is 21.4. The number of benzene rings is 2. The standard InChI is InChI=1S/C47H56FN7O4S/c1-31-22-34(24-35(48)23-31)37-27-53-45-41(37)39(58-29-46(2)13-16-49-17-14-46)12-21-55(45)40-25-47(3,15-18-50-40)30-59-43-38(33-10-19-54(20-11-33)60(4,56)57)28-52-44-42(43)36(26-51-44)32-8-6-5-7-9-32/h5-9,12,21-24,26-28,33,40,49-50H,10-11,13-20,25,29-30H2,1-4H3,(H,51,52)/p+1. The average molecular weight is 835 g/mol. The highest BCUT2D eigenvalue weighted by Gasteiger charge is 2.39. The second kappa shape index (κ2) is 16.2. The topological polar surface area (TPSA) is 128 Å². The van der Waals surface area contributed by atoms with Crippen LogP contribution in [0.2, 0.25) is 0 Å². The van der Waals surface area contributed by atoms with Gasteiger partial charge in [-0.15, -0.1) is 0 Å². The van der Waals surface area contributed by atoms with E-state index in [1.165, 1.54) is 6.26 Å². The Morgan fingerprint density at radius 1 is 0.883 bits per heavy atom. The number of pyridine rings is 2. The molecule has 3 aliphatic rings. The number of piperidine rings is 3. The molecule has 0 aliphatic carbocycles. The van der Waals surface area contributed by atoms with Crippen molar-refractivity contribution < 1.29 is 26.8 Å². The Balaban J connectivity index is 1.04. The quantitative estimate of drug-likeness (QED) is 0.0976. The molecule has 11 nitrogen and oxygen atoms in total. The van der Waals surface area contributed by atoms with E-state index in [4.69, 9.17) is 14.5 Å². The number of fused-ring (bicyclic) bond motifs is 2. The fourth-order valence-corrected chi connectivity index (χ4v) is 10.6. The fraction of sp³-hybridized carbons (Fsp3) is 0.447. The highest BCUT2D eigenvalue weighted by Crippen LogP contribution is 2.45. The SMILES string of the molecule is Cc1cc(F)cc(-c2c[nH]c3c2c(OCC2(C)CCNCC2)cc[n+]3C2CC(C)(COc3c(C4CCN(S(C)(=O)=O)CC4)cnc4[nH]cc(-c5ccccc5)c34)CCN2)c1. The number of aromatic nitrogens is 4. The van der Waals surface area contributed by atoms with Crippen molar-refractivity contribution in [2.45, 2.75) is 71.4 Å². The van der Waals surface area contributed by atoms with Crippen LogP contribution in [0.15, 0.2) is 79.4 Å². The normalized spacial score (nSPS) is 21.7. The van der Waals surface area contributed by atoms with Gasteiger partial charge in [0.05, 0.1) is 37.2 Å². The number of ether oxygens (including phenoxy) is 2. The Labute approximate surface area is 352 Å². The van der Waals surface area contributed by atoms with E-state index in [2.05, 4.69) is 63.4 Å². The Kier molecular flexibility index (Phi) is 11.0. The molecule has 0 saturated carbocycles. The lowest BCUT2D eigenvalue weighted by Crippen LogP contribution is -2.54. The lowest BCUT2D eigenvalue weighted by Gasteiger charge is -2.38. The van der Waals surface area contributed by atoms with E-state index in [1.807, 2.05) is 49.8 Å². The van der Waals surface area contributed by atoms with Crippen molar-refractivity contribution in [1.29, 1.82) is 0 Å². The summed E-state index contributed by atoms with van der Waals surface area (Å²) in [4.78, 5) is 11.9. The van der Waals surface area contributed by atoms with Crippen LogP contribution in [0, 0.1) is 23.6 Å². The maximum Gasteiger partial charge on any atom is 0.292 e. The molecule has 0 amide bonds. The number of rotatable bonds is 11. The summed E-state index contributed by atoms with van der Waals surface area (Å²) in [6.45, 7) is 11.3. The van der Waals surface area contributed by atoms with Crippen LogP contribution in [0.25, 0.3) is 44.3 Å². The number of halogens is 1. The van der Waals surface area contributed by atoms with Crippen molar-refractivity contribution >= 4 is 32.1 Å². The smallest absolute Gasteiger partial charge is 0.292 e. The molecule has 60 heavy (non-hydrogen) atoms. The molecule has 4 N–H and O–H groups in total. The summed E-state index contributed by atoms with van der Waals surface area (Å²) in [6, 6.07) is 17.6. The predicted molar refractivity (Wildman–Crippen MR) is 234 cm³/mol. The van der Waals surface area contributed by atoms with Crippen LogP contribution in [0.1, 0.15) is 75.6 Å². The molecular weight excluding hydrogens is 778 g/mol. The number of nitrogens with one attached hydrogen (secondary N) is 4. The molecule has 6 aromatic rings. The van der Waals surface area contributed by atoms with Gasteiger partial charge in [-0.05, 0) is 93.4 Å².